The summed E-state index contributed by atoms with van der Waals surface area (Å²) in [7, 11) is 0. The molecule has 0 unspecified atom stereocenters. The Kier molecular flexibility index (Phi) is 4.40. The van der Waals surface area contributed by atoms with Gasteiger partial charge in [0, 0.05) is 11.1 Å². The quantitative estimate of drug-likeness (QED) is 0.653. The minimum Gasteiger partial charge on any atom is -0.462 e. The molecule has 0 saturated heterocycles. The highest BCUT2D eigenvalue weighted by Crippen LogP contribution is 2.32. The molecule has 0 atom stereocenters. The Morgan fingerprint density at radius 2 is 1.92 bits per heavy atom. The standard InChI is InChI=1S/C19H15ClO4/c1-3-23-19(22)14-9-6-8-13-16(21)11(2)17(24-18(13)14)12-7-4-5-10-15(12)20/h4-10H,3H2,1-2H3. The van der Waals surface area contributed by atoms with Gasteiger partial charge in [0.25, 0.3) is 0 Å². The number of esters is 1. The van der Waals surface area contributed by atoms with E-state index in [1.165, 1.54) is 0 Å². The molecule has 4 nitrogen and oxygen atoms in total. The summed E-state index contributed by atoms with van der Waals surface area (Å²) < 4.78 is 11.0. The van der Waals surface area contributed by atoms with Gasteiger partial charge in [-0.05, 0) is 38.1 Å². The maximum absolute atomic E-state index is 12.7. The summed E-state index contributed by atoms with van der Waals surface area (Å²) in [5.74, 6) is -0.171. The zero-order valence-corrected chi connectivity index (χ0v) is 14.0. The fraction of sp³-hybridized carbons (Fsp3) is 0.158. The van der Waals surface area contributed by atoms with Crippen molar-refractivity contribution in [3.8, 4) is 11.3 Å². The first-order valence-electron chi connectivity index (χ1n) is 7.53. The van der Waals surface area contributed by atoms with Crippen LogP contribution in [0.4, 0.5) is 0 Å². The number of ether oxygens (including phenoxy) is 1. The van der Waals surface area contributed by atoms with E-state index in [-0.39, 0.29) is 23.2 Å². The Labute approximate surface area is 143 Å². The van der Waals surface area contributed by atoms with Crippen molar-refractivity contribution in [2.24, 2.45) is 0 Å². The van der Waals surface area contributed by atoms with Gasteiger partial charge in [0.05, 0.1) is 17.0 Å². The van der Waals surface area contributed by atoms with Crippen LogP contribution < -0.4 is 5.43 Å². The fourth-order valence-corrected chi connectivity index (χ4v) is 2.80. The lowest BCUT2D eigenvalue weighted by Gasteiger charge is -2.10. The lowest BCUT2D eigenvalue weighted by molar-refractivity contribution is 0.0527. The third-order valence-electron chi connectivity index (χ3n) is 3.76. The predicted octanol–water partition coefficient (Wildman–Crippen LogP) is 4.60. The van der Waals surface area contributed by atoms with E-state index in [1.54, 1.807) is 50.2 Å². The summed E-state index contributed by atoms with van der Waals surface area (Å²) in [5.41, 5.74) is 1.28. The first-order chi connectivity index (χ1) is 11.5. The van der Waals surface area contributed by atoms with Crippen molar-refractivity contribution in [3.05, 3.63) is 68.8 Å². The van der Waals surface area contributed by atoms with Gasteiger partial charge in [-0.2, -0.15) is 0 Å². The molecule has 5 heteroatoms. The van der Waals surface area contributed by atoms with Crippen LogP contribution in [0.2, 0.25) is 5.02 Å². The Morgan fingerprint density at radius 3 is 2.62 bits per heavy atom. The van der Waals surface area contributed by atoms with Crippen molar-refractivity contribution in [1.82, 2.24) is 0 Å². The van der Waals surface area contributed by atoms with Gasteiger partial charge in [0.15, 0.2) is 11.0 Å². The van der Waals surface area contributed by atoms with Crippen LogP contribution in [0.3, 0.4) is 0 Å². The van der Waals surface area contributed by atoms with Crippen LogP contribution >= 0.6 is 11.6 Å². The van der Waals surface area contributed by atoms with Crippen molar-refractivity contribution in [1.29, 1.82) is 0 Å². The number of hydrogen-bond donors (Lipinski definition) is 0. The van der Waals surface area contributed by atoms with E-state index >= 15 is 0 Å². The first kappa shape index (κ1) is 16.3. The maximum atomic E-state index is 12.7. The molecular formula is C19H15ClO4. The molecule has 122 valence electrons. The minimum atomic E-state index is -0.528. The van der Waals surface area contributed by atoms with Crippen LogP contribution in [0.1, 0.15) is 22.8 Å². The highest BCUT2D eigenvalue weighted by Gasteiger charge is 2.19. The summed E-state index contributed by atoms with van der Waals surface area (Å²) >= 11 is 6.23. The average Bonchev–Trinajstić information content (AvgIpc) is 2.58. The number of benzene rings is 2. The maximum Gasteiger partial charge on any atom is 0.341 e. The van der Waals surface area contributed by atoms with Crippen LogP contribution in [0.25, 0.3) is 22.3 Å². The van der Waals surface area contributed by atoms with E-state index in [0.717, 1.165) is 0 Å². The van der Waals surface area contributed by atoms with E-state index in [1.807, 2.05) is 6.07 Å². The molecule has 24 heavy (non-hydrogen) atoms. The van der Waals surface area contributed by atoms with Crippen LogP contribution in [-0.4, -0.2) is 12.6 Å². The fourth-order valence-electron chi connectivity index (χ4n) is 2.58. The molecular weight excluding hydrogens is 328 g/mol. The highest BCUT2D eigenvalue weighted by molar-refractivity contribution is 6.33. The number of carbonyl (C=O) groups is 1. The third kappa shape index (κ3) is 2.69. The SMILES string of the molecule is CCOC(=O)c1cccc2c(=O)c(C)c(-c3ccccc3Cl)oc12. The normalized spacial score (nSPS) is 10.8. The number of halogens is 1. The van der Waals surface area contributed by atoms with E-state index < -0.39 is 5.97 Å². The van der Waals surface area contributed by atoms with Gasteiger partial charge in [-0.1, -0.05) is 29.8 Å². The summed E-state index contributed by atoms with van der Waals surface area (Å²) in [6, 6.07) is 11.9. The Balaban J connectivity index is 2.36. The minimum absolute atomic E-state index is 0.197. The molecule has 1 heterocycles. The second kappa shape index (κ2) is 6.49. The highest BCUT2D eigenvalue weighted by atomic mass is 35.5. The van der Waals surface area contributed by atoms with Crippen LogP contribution in [-0.2, 0) is 4.74 Å². The molecule has 0 aliphatic heterocycles. The third-order valence-corrected chi connectivity index (χ3v) is 4.09. The second-order valence-corrected chi connectivity index (χ2v) is 5.68. The molecule has 2 aromatic carbocycles. The van der Waals surface area contributed by atoms with Gasteiger partial charge in [-0.15, -0.1) is 0 Å². The number of hydrogen-bond acceptors (Lipinski definition) is 4. The summed E-state index contributed by atoms with van der Waals surface area (Å²) in [4.78, 5) is 24.9. The second-order valence-electron chi connectivity index (χ2n) is 5.27. The molecule has 0 spiro atoms. The number of carbonyl (C=O) groups excluding carboxylic acids is 1. The van der Waals surface area contributed by atoms with Gasteiger partial charge in [0.2, 0.25) is 0 Å². The number of fused-ring (bicyclic) bond motifs is 1. The Bertz CT molecular complexity index is 988. The van der Waals surface area contributed by atoms with Crippen LogP contribution in [0, 0.1) is 6.92 Å². The molecule has 0 saturated carbocycles. The van der Waals surface area contributed by atoms with Crippen LogP contribution in [0.15, 0.2) is 51.7 Å². The van der Waals surface area contributed by atoms with Crippen LogP contribution in [0.5, 0.6) is 0 Å². The van der Waals surface area contributed by atoms with E-state index in [2.05, 4.69) is 0 Å². The van der Waals surface area contributed by atoms with Crippen molar-refractivity contribution in [2.75, 3.05) is 6.61 Å². The lowest BCUT2D eigenvalue weighted by Crippen LogP contribution is -2.11. The first-order valence-corrected chi connectivity index (χ1v) is 7.90. The van der Waals surface area contributed by atoms with E-state index in [4.69, 9.17) is 20.8 Å². The molecule has 0 fully saturated rings. The average molecular weight is 343 g/mol. The smallest absolute Gasteiger partial charge is 0.341 e. The monoisotopic (exact) mass is 342 g/mol. The summed E-state index contributed by atoms with van der Waals surface area (Å²) in [6.45, 7) is 3.64. The molecule has 3 rings (SSSR count). The number of para-hydroxylation sites is 1. The van der Waals surface area contributed by atoms with E-state index in [9.17, 15) is 9.59 Å². The van der Waals surface area contributed by atoms with E-state index in [0.29, 0.717) is 27.3 Å². The molecule has 0 amide bonds. The Morgan fingerprint density at radius 1 is 1.17 bits per heavy atom. The molecule has 0 bridgehead atoms. The lowest BCUT2D eigenvalue weighted by atomic mass is 10.0. The zero-order chi connectivity index (χ0) is 17.3. The molecule has 0 radical (unpaired) electrons. The zero-order valence-electron chi connectivity index (χ0n) is 13.3. The Hall–Kier alpha value is -2.59. The molecule has 1 aromatic heterocycles. The topological polar surface area (TPSA) is 56.5 Å². The molecule has 0 aliphatic rings. The van der Waals surface area contributed by atoms with Crippen molar-refractivity contribution in [3.63, 3.8) is 0 Å². The van der Waals surface area contributed by atoms with Crippen molar-refractivity contribution in [2.45, 2.75) is 13.8 Å². The van der Waals surface area contributed by atoms with Gasteiger partial charge >= 0.3 is 5.97 Å². The number of rotatable bonds is 3. The predicted molar refractivity (Wildman–Crippen MR) is 93.6 cm³/mol. The van der Waals surface area contributed by atoms with Gasteiger partial charge < -0.3 is 9.15 Å². The molecule has 0 aliphatic carbocycles. The van der Waals surface area contributed by atoms with Crippen molar-refractivity contribution < 1.29 is 13.9 Å². The van der Waals surface area contributed by atoms with Crippen molar-refractivity contribution >= 4 is 28.5 Å². The summed E-state index contributed by atoms with van der Waals surface area (Å²) in [5, 5.41) is 0.811. The molecule has 0 N–H and O–H groups in total. The molecule has 3 aromatic rings. The van der Waals surface area contributed by atoms with Gasteiger partial charge in [0.1, 0.15) is 11.3 Å². The largest absolute Gasteiger partial charge is 0.462 e. The van der Waals surface area contributed by atoms with Gasteiger partial charge in [-0.25, -0.2) is 4.79 Å². The van der Waals surface area contributed by atoms with Gasteiger partial charge in [-0.3, -0.25) is 4.79 Å². The summed E-state index contributed by atoms with van der Waals surface area (Å²) in [6.07, 6.45) is 0.